The summed E-state index contributed by atoms with van der Waals surface area (Å²) in [5.41, 5.74) is 0.258. The highest BCUT2D eigenvalue weighted by Crippen LogP contribution is 2.29. The van der Waals surface area contributed by atoms with Crippen LogP contribution in [0.15, 0.2) is 56.7 Å². The van der Waals surface area contributed by atoms with Crippen molar-refractivity contribution >= 4 is 61.6 Å². The molecule has 0 saturated carbocycles. The standard InChI is InChI=1S/C21H16Cl2N2O4S/c1-2-28-8-7-25-18-15(23)10-13(22)11-17(18)30-21(25)24-19(26)14-9-12-5-3-4-6-16(12)29-20(14)27/h3-6,9-11H,2,7-8H2,1H3. The number of fused-ring (bicyclic) bond motifs is 2. The molecule has 154 valence electrons. The molecule has 0 aliphatic rings. The molecule has 2 aromatic heterocycles. The van der Waals surface area contributed by atoms with Crippen molar-refractivity contribution in [1.29, 1.82) is 0 Å². The maximum absolute atomic E-state index is 12.9. The van der Waals surface area contributed by atoms with Gasteiger partial charge in [0.2, 0.25) is 0 Å². The van der Waals surface area contributed by atoms with Gasteiger partial charge in [0.15, 0.2) is 4.80 Å². The minimum Gasteiger partial charge on any atom is -0.422 e. The first-order chi connectivity index (χ1) is 14.5. The fourth-order valence-electron chi connectivity index (χ4n) is 3.08. The van der Waals surface area contributed by atoms with Crippen molar-refractivity contribution in [2.75, 3.05) is 13.2 Å². The van der Waals surface area contributed by atoms with E-state index in [0.29, 0.717) is 51.1 Å². The Bertz CT molecular complexity index is 1390. The molecule has 0 fully saturated rings. The minimum absolute atomic E-state index is 0.133. The van der Waals surface area contributed by atoms with Gasteiger partial charge in [0.1, 0.15) is 11.1 Å². The molecule has 9 heteroatoms. The van der Waals surface area contributed by atoms with Crippen LogP contribution in [-0.4, -0.2) is 23.7 Å². The number of para-hydroxylation sites is 1. The number of hydrogen-bond donors (Lipinski definition) is 0. The van der Waals surface area contributed by atoms with Crippen molar-refractivity contribution in [3.63, 3.8) is 0 Å². The van der Waals surface area contributed by atoms with Gasteiger partial charge < -0.3 is 13.7 Å². The molecule has 2 aromatic carbocycles. The molecule has 4 rings (SSSR count). The van der Waals surface area contributed by atoms with Gasteiger partial charge in [-0.1, -0.05) is 52.7 Å². The topological polar surface area (TPSA) is 73.8 Å². The fourth-order valence-corrected chi connectivity index (χ4v) is 4.92. The Kier molecular flexibility index (Phi) is 6.06. The molecule has 0 unspecified atom stereocenters. The summed E-state index contributed by atoms with van der Waals surface area (Å²) in [6, 6.07) is 11.9. The minimum atomic E-state index is -0.731. The van der Waals surface area contributed by atoms with Gasteiger partial charge in [-0.05, 0) is 31.2 Å². The van der Waals surface area contributed by atoms with E-state index < -0.39 is 11.5 Å². The van der Waals surface area contributed by atoms with E-state index >= 15 is 0 Å². The molecule has 1 amide bonds. The molecule has 0 aliphatic carbocycles. The SMILES string of the molecule is CCOCCn1c(=NC(=O)c2cc3ccccc3oc2=O)sc2cc(Cl)cc(Cl)c21. The van der Waals surface area contributed by atoms with Crippen LogP contribution in [-0.2, 0) is 11.3 Å². The van der Waals surface area contributed by atoms with E-state index in [9.17, 15) is 9.59 Å². The van der Waals surface area contributed by atoms with E-state index in [2.05, 4.69) is 4.99 Å². The summed E-state index contributed by atoms with van der Waals surface area (Å²) in [4.78, 5) is 29.8. The number of nitrogens with zero attached hydrogens (tertiary/aromatic N) is 2. The van der Waals surface area contributed by atoms with Crippen LogP contribution in [0.2, 0.25) is 10.0 Å². The van der Waals surface area contributed by atoms with Gasteiger partial charge in [0, 0.05) is 23.6 Å². The quantitative estimate of drug-likeness (QED) is 0.312. The molecule has 0 radical (unpaired) electrons. The van der Waals surface area contributed by atoms with Crippen LogP contribution in [0.3, 0.4) is 0 Å². The van der Waals surface area contributed by atoms with Crippen LogP contribution in [0, 0.1) is 0 Å². The van der Waals surface area contributed by atoms with Crippen LogP contribution in [0.5, 0.6) is 0 Å². The van der Waals surface area contributed by atoms with Gasteiger partial charge in [0.05, 0.1) is 21.8 Å². The van der Waals surface area contributed by atoms with E-state index in [-0.39, 0.29) is 5.56 Å². The van der Waals surface area contributed by atoms with E-state index in [1.165, 1.54) is 17.4 Å². The molecular formula is C21H16Cl2N2O4S. The monoisotopic (exact) mass is 462 g/mol. The molecule has 0 saturated heterocycles. The van der Waals surface area contributed by atoms with E-state index in [0.717, 1.165) is 4.70 Å². The van der Waals surface area contributed by atoms with Crippen LogP contribution >= 0.6 is 34.5 Å². The van der Waals surface area contributed by atoms with Gasteiger partial charge >= 0.3 is 5.63 Å². The largest absolute Gasteiger partial charge is 0.422 e. The van der Waals surface area contributed by atoms with E-state index in [1.54, 1.807) is 41.0 Å². The Morgan fingerprint density at radius 2 is 2.03 bits per heavy atom. The van der Waals surface area contributed by atoms with Crippen molar-refractivity contribution in [2.24, 2.45) is 4.99 Å². The zero-order chi connectivity index (χ0) is 21.3. The predicted octanol–water partition coefficient (Wildman–Crippen LogP) is 4.89. The Morgan fingerprint density at radius 3 is 2.83 bits per heavy atom. The summed E-state index contributed by atoms with van der Waals surface area (Å²) in [7, 11) is 0. The molecule has 6 nitrogen and oxygen atoms in total. The highest BCUT2D eigenvalue weighted by Gasteiger charge is 2.16. The number of benzene rings is 2. The Labute approximate surface area is 184 Å². The highest BCUT2D eigenvalue weighted by atomic mass is 35.5. The Morgan fingerprint density at radius 1 is 1.23 bits per heavy atom. The summed E-state index contributed by atoms with van der Waals surface area (Å²) >= 11 is 13.8. The summed E-state index contributed by atoms with van der Waals surface area (Å²) in [5.74, 6) is -0.687. The molecule has 0 aliphatic heterocycles. The normalized spacial score (nSPS) is 12.2. The summed E-state index contributed by atoms with van der Waals surface area (Å²) in [6.07, 6.45) is 0. The Balaban J connectivity index is 1.86. The van der Waals surface area contributed by atoms with Gasteiger partial charge in [-0.15, -0.1) is 0 Å². The molecule has 30 heavy (non-hydrogen) atoms. The van der Waals surface area contributed by atoms with Gasteiger partial charge in [-0.3, -0.25) is 4.79 Å². The summed E-state index contributed by atoms with van der Waals surface area (Å²) < 4.78 is 13.3. The zero-order valence-corrected chi connectivity index (χ0v) is 18.2. The lowest BCUT2D eigenvalue weighted by Crippen LogP contribution is -2.21. The smallest absolute Gasteiger partial charge is 0.349 e. The first-order valence-electron chi connectivity index (χ1n) is 9.16. The van der Waals surface area contributed by atoms with Crippen LogP contribution in [0.4, 0.5) is 0 Å². The number of amides is 1. The van der Waals surface area contributed by atoms with Gasteiger partial charge in [0.25, 0.3) is 5.91 Å². The van der Waals surface area contributed by atoms with Crippen molar-refractivity contribution in [2.45, 2.75) is 13.5 Å². The van der Waals surface area contributed by atoms with Crippen LogP contribution in [0.1, 0.15) is 17.3 Å². The first-order valence-corrected chi connectivity index (χ1v) is 10.7. The second-order valence-electron chi connectivity index (χ2n) is 6.37. The summed E-state index contributed by atoms with van der Waals surface area (Å²) in [5, 5.41) is 1.58. The molecule has 0 spiro atoms. The third-order valence-corrected chi connectivity index (χ3v) is 5.96. The van der Waals surface area contributed by atoms with E-state index in [1.807, 2.05) is 6.92 Å². The molecule has 0 atom stereocenters. The second kappa shape index (κ2) is 8.73. The molecule has 4 aromatic rings. The molecular weight excluding hydrogens is 447 g/mol. The van der Waals surface area contributed by atoms with E-state index in [4.69, 9.17) is 32.4 Å². The predicted molar refractivity (Wildman–Crippen MR) is 119 cm³/mol. The average Bonchev–Trinajstić information content (AvgIpc) is 3.04. The number of aromatic nitrogens is 1. The fraction of sp³-hybridized carbons (Fsp3) is 0.190. The van der Waals surface area contributed by atoms with Gasteiger partial charge in [-0.2, -0.15) is 4.99 Å². The second-order valence-corrected chi connectivity index (χ2v) is 8.22. The summed E-state index contributed by atoms with van der Waals surface area (Å²) in [6.45, 7) is 3.32. The number of ether oxygens (including phenoxy) is 1. The van der Waals surface area contributed by atoms with Crippen molar-refractivity contribution in [1.82, 2.24) is 4.57 Å². The number of carbonyl (C=O) groups excluding carboxylic acids is 1. The maximum Gasteiger partial charge on any atom is 0.349 e. The number of halogens is 2. The molecule has 0 bridgehead atoms. The molecule has 0 N–H and O–H groups in total. The van der Waals surface area contributed by atoms with Crippen LogP contribution < -0.4 is 10.4 Å². The van der Waals surface area contributed by atoms with Crippen molar-refractivity contribution in [3.8, 4) is 0 Å². The lowest BCUT2D eigenvalue weighted by Gasteiger charge is -2.07. The Hall–Kier alpha value is -2.45. The molecule has 2 heterocycles. The number of rotatable bonds is 5. The third kappa shape index (κ3) is 4.06. The van der Waals surface area contributed by atoms with Gasteiger partial charge in [-0.25, -0.2) is 4.79 Å². The third-order valence-electron chi connectivity index (χ3n) is 4.43. The number of hydrogen-bond acceptors (Lipinski definition) is 5. The van der Waals surface area contributed by atoms with Crippen molar-refractivity contribution in [3.05, 3.63) is 73.3 Å². The zero-order valence-electron chi connectivity index (χ0n) is 15.9. The first kappa shape index (κ1) is 20.8. The lowest BCUT2D eigenvalue weighted by molar-refractivity contribution is 0.0993. The maximum atomic E-state index is 12.9. The lowest BCUT2D eigenvalue weighted by atomic mass is 10.2. The number of thiazole rings is 1. The van der Waals surface area contributed by atoms with Crippen molar-refractivity contribution < 1.29 is 13.9 Å². The number of carbonyl (C=O) groups is 1. The van der Waals surface area contributed by atoms with Crippen LogP contribution in [0.25, 0.3) is 21.2 Å². The highest BCUT2D eigenvalue weighted by molar-refractivity contribution is 7.16. The average molecular weight is 463 g/mol.